The van der Waals surface area contributed by atoms with Crippen LogP contribution in [-0.2, 0) is 10.9 Å². The zero-order valence-corrected chi connectivity index (χ0v) is 14.0. The van der Waals surface area contributed by atoms with E-state index in [0.717, 1.165) is 24.5 Å². The van der Waals surface area contributed by atoms with E-state index in [4.69, 9.17) is 4.74 Å². The molecule has 4 nitrogen and oxygen atoms in total. The van der Waals surface area contributed by atoms with E-state index in [1.54, 1.807) is 18.5 Å². The second-order valence-corrected chi connectivity index (χ2v) is 6.23. The first kappa shape index (κ1) is 18.4. The van der Waals surface area contributed by atoms with Crippen LogP contribution in [0, 0.1) is 5.92 Å². The Labute approximate surface area is 149 Å². The molecule has 1 saturated heterocycles. The lowest BCUT2D eigenvalue weighted by molar-refractivity contribution is -0.137. The van der Waals surface area contributed by atoms with Crippen molar-refractivity contribution < 1.29 is 22.7 Å². The van der Waals surface area contributed by atoms with Gasteiger partial charge in [0, 0.05) is 25.6 Å². The summed E-state index contributed by atoms with van der Waals surface area (Å²) in [6.07, 6.45) is 0.110. The van der Waals surface area contributed by atoms with Gasteiger partial charge in [0.25, 0.3) is 5.91 Å². The Morgan fingerprint density at radius 1 is 1.15 bits per heavy atom. The molecule has 1 N–H and O–H groups in total. The van der Waals surface area contributed by atoms with Crippen molar-refractivity contribution in [2.24, 2.45) is 5.92 Å². The van der Waals surface area contributed by atoms with Gasteiger partial charge in [-0.2, -0.15) is 13.2 Å². The number of halogens is 3. The highest BCUT2D eigenvalue weighted by molar-refractivity contribution is 5.96. The van der Waals surface area contributed by atoms with Crippen LogP contribution in [0.15, 0.2) is 48.8 Å². The summed E-state index contributed by atoms with van der Waals surface area (Å²) in [6, 6.07) is 7.97. The molecule has 2 heterocycles. The maximum Gasteiger partial charge on any atom is 0.417 e. The van der Waals surface area contributed by atoms with Crippen LogP contribution in [0.4, 0.5) is 13.2 Å². The third-order valence-corrected chi connectivity index (χ3v) is 4.54. The zero-order valence-electron chi connectivity index (χ0n) is 14.0. The summed E-state index contributed by atoms with van der Waals surface area (Å²) in [4.78, 5) is 16.8. The van der Waals surface area contributed by atoms with Crippen molar-refractivity contribution in [1.29, 1.82) is 0 Å². The number of carbonyl (C=O) groups is 1. The predicted molar refractivity (Wildman–Crippen MR) is 89.4 cm³/mol. The largest absolute Gasteiger partial charge is 0.417 e. The minimum atomic E-state index is -4.59. The lowest BCUT2D eigenvalue weighted by atomic mass is 9.87. The molecule has 138 valence electrons. The predicted octanol–water partition coefficient (Wildman–Crippen LogP) is 4.00. The standard InChI is InChI=1S/C19H19F3N2O2/c20-19(21,22)16-6-2-1-5-15(16)18(25)24-17(13-7-10-26-11-8-13)14-4-3-9-23-12-14/h1-6,9,12-13,17H,7-8,10-11H2,(H,24,25)/t17-/m1/s1. The van der Waals surface area contributed by atoms with E-state index in [2.05, 4.69) is 10.3 Å². The van der Waals surface area contributed by atoms with Gasteiger partial charge in [0.05, 0.1) is 17.2 Å². The van der Waals surface area contributed by atoms with Gasteiger partial charge in [-0.1, -0.05) is 18.2 Å². The van der Waals surface area contributed by atoms with Gasteiger partial charge in [0.2, 0.25) is 0 Å². The van der Waals surface area contributed by atoms with Crippen LogP contribution in [0.1, 0.15) is 40.4 Å². The van der Waals surface area contributed by atoms with Crippen LogP contribution < -0.4 is 5.32 Å². The molecule has 1 aliphatic rings. The topological polar surface area (TPSA) is 51.2 Å². The fourth-order valence-corrected chi connectivity index (χ4v) is 3.23. The highest BCUT2D eigenvalue weighted by Crippen LogP contribution is 2.33. The van der Waals surface area contributed by atoms with E-state index in [-0.39, 0.29) is 11.5 Å². The summed E-state index contributed by atoms with van der Waals surface area (Å²) in [5, 5.41) is 2.80. The summed E-state index contributed by atoms with van der Waals surface area (Å²) in [6.45, 7) is 1.13. The Morgan fingerprint density at radius 2 is 1.88 bits per heavy atom. The molecule has 1 atom stereocenters. The average molecular weight is 364 g/mol. The fraction of sp³-hybridized carbons (Fsp3) is 0.368. The molecule has 2 aromatic rings. The number of pyridine rings is 1. The number of nitrogens with zero attached hydrogens (tertiary/aromatic N) is 1. The van der Waals surface area contributed by atoms with Crippen molar-refractivity contribution in [3.05, 3.63) is 65.5 Å². The Balaban J connectivity index is 1.89. The van der Waals surface area contributed by atoms with Crippen LogP contribution in [0.25, 0.3) is 0 Å². The molecule has 0 spiro atoms. The van der Waals surface area contributed by atoms with Crippen molar-refractivity contribution >= 4 is 5.91 Å². The third kappa shape index (κ3) is 4.22. The molecule has 1 aromatic carbocycles. The first-order chi connectivity index (χ1) is 12.5. The first-order valence-corrected chi connectivity index (χ1v) is 8.41. The minimum absolute atomic E-state index is 0.0787. The van der Waals surface area contributed by atoms with E-state index in [1.165, 1.54) is 18.2 Å². The van der Waals surface area contributed by atoms with E-state index in [0.29, 0.717) is 13.2 Å². The summed E-state index contributed by atoms with van der Waals surface area (Å²) >= 11 is 0. The summed E-state index contributed by atoms with van der Waals surface area (Å²) < 4.78 is 45.0. The van der Waals surface area contributed by atoms with Crippen molar-refractivity contribution in [3.8, 4) is 0 Å². The lowest BCUT2D eigenvalue weighted by Gasteiger charge is -2.31. The molecule has 3 rings (SSSR count). The number of carbonyl (C=O) groups excluding carboxylic acids is 1. The van der Waals surface area contributed by atoms with Crippen LogP contribution in [0.5, 0.6) is 0 Å². The van der Waals surface area contributed by atoms with E-state index in [9.17, 15) is 18.0 Å². The Hall–Kier alpha value is -2.41. The molecule has 0 unspecified atom stereocenters. The van der Waals surface area contributed by atoms with Crippen LogP contribution >= 0.6 is 0 Å². The number of aromatic nitrogens is 1. The van der Waals surface area contributed by atoms with E-state index < -0.39 is 23.7 Å². The van der Waals surface area contributed by atoms with Gasteiger partial charge in [-0.15, -0.1) is 0 Å². The first-order valence-electron chi connectivity index (χ1n) is 8.41. The van der Waals surface area contributed by atoms with Gasteiger partial charge >= 0.3 is 6.18 Å². The SMILES string of the molecule is O=C(N[C@@H](c1cccnc1)C1CCOCC1)c1ccccc1C(F)(F)F. The zero-order chi connectivity index (χ0) is 18.6. The highest BCUT2D eigenvalue weighted by Gasteiger charge is 2.36. The van der Waals surface area contributed by atoms with Gasteiger partial charge in [0.1, 0.15) is 0 Å². The number of benzene rings is 1. The number of alkyl halides is 3. The number of hydrogen-bond donors (Lipinski definition) is 1. The highest BCUT2D eigenvalue weighted by atomic mass is 19.4. The van der Waals surface area contributed by atoms with Gasteiger partial charge in [0.15, 0.2) is 0 Å². The molecule has 7 heteroatoms. The van der Waals surface area contributed by atoms with E-state index >= 15 is 0 Å². The molecule has 0 saturated carbocycles. The van der Waals surface area contributed by atoms with Gasteiger partial charge < -0.3 is 10.1 Å². The average Bonchev–Trinajstić information content (AvgIpc) is 2.66. The van der Waals surface area contributed by atoms with Crippen molar-refractivity contribution in [2.75, 3.05) is 13.2 Å². The monoisotopic (exact) mass is 364 g/mol. The second-order valence-electron chi connectivity index (χ2n) is 6.23. The van der Waals surface area contributed by atoms with Crippen LogP contribution in [0.2, 0.25) is 0 Å². The van der Waals surface area contributed by atoms with Crippen molar-refractivity contribution in [2.45, 2.75) is 25.1 Å². The summed E-state index contributed by atoms with van der Waals surface area (Å²) in [5.74, 6) is -0.659. The van der Waals surface area contributed by atoms with Gasteiger partial charge in [-0.3, -0.25) is 9.78 Å². The molecule has 0 bridgehead atoms. The second kappa shape index (κ2) is 7.86. The van der Waals surface area contributed by atoms with Crippen molar-refractivity contribution in [1.82, 2.24) is 10.3 Å². The van der Waals surface area contributed by atoms with E-state index in [1.807, 2.05) is 6.07 Å². The molecular weight excluding hydrogens is 345 g/mol. The van der Waals surface area contributed by atoms with Gasteiger partial charge in [-0.05, 0) is 42.5 Å². The van der Waals surface area contributed by atoms with Crippen molar-refractivity contribution in [3.63, 3.8) is 0 Å². The molecule has 1 aliphatic heterocycles. The van der Waals surface area contributed by atoms with Crippen LogP contribution in [0.3, 0.4) is 0 Å². The maximum absolute atomic E-state index is 13.2. The maximum atomic E-state index is 13.2. The molecule has 0 aliphatic carbocycles. The minimum Gasteiger partial charge on any atom is -0.381 e. The molecule has 1 amide bonds. The lowest BCUT2D eigenvalue weighted by Crippen LogP contribution is -2.36. The number of nitrogens with one attached hydrogen (secondary N) is 1. The molecular formula is C19H19F3N2O2. The number of ether oxygens (including phenoxy) is 1. The number of amides is 1. The summed E-state index contributed by atoms with van der Waals surface area (Å²) in [5.41, 5.74) is -0.535. The molecule has 0 radical (unpaired) electrons. The van der Waals surface area contributed by atoms with Crippen LogP contribution in [-0.4, -0.2) is 24.1 Å². The summed E-state index contributed by atoms with van der Waals surface area (Å²) in [7, 11) is 0. The smallest absolute Gasteiger partial charge is 0.381 e. The Morgan fingerprint density at radius 3 is 2.54 bits per heavy atom. The van der Waals surface area contributed by atoms with Gasteiger partial charge in [-0.25, -0.2) is 0 Å². The normalized spacial score (nSPS) is 16.9. The number of rotatable bonds is 4. The Kier molecular flexibility index (Phi) is 5.56. The fourth-order valence-electron chi connectivity index (χ4n) is 3.23. The molecule has 1 aromatic heterocycles. The Bertz CT molecular complexity index is 744. The molecule has 26 heavy (non-hydrogen) atoms. The quantitative estimate of drug-likeness (QED) is 0.892. The molecule has 1 fully saturated rings. The third-order valence-electron chi connectivity index (χ3n) is 4.54. The number of hydrogen-bond acceptors (Lipinski definition) is 3.